The molecule has 0 aliphatic rings. The quantitative estimate of drug-likeness (QED) is 0.447. The first-order chi connectivity index (χ1) is 14.6. The maximum absolute atomic E-state index is 13.0. The zero-order chi connectivity index (χ0) is 22.9. The Kier molecular flexibility index (Phi) is 6.25. The molecule has 0 radical (unpaired) electrons. The molecule has 5 nitrogen and oxygen atoms in total. The summed E-state index contributed by atoms with van der Waals surface area (Å²) in [6, 6.07) is 6.33. The average molecular weight is 421 g/mol. The van der Waals surface area contributed by atoms with Crippen LogP contribution in [0.2, 0.25) is 0 Å². The van der Waals surface area contributed by atoms with Gasteiger partial charge in [-0.05, 0) is 82.9 Å². The highest BCUT2D eigenvalue weighted by Gasteiger charge is 2.21. The van der Waals surface area contributed by atoms with Crippen molar-refractivity contribution in [2.75, 3.05) is 0 Å². The van der Waals surface area contributed by atoms with Crippen LogP contribution in [0.3, 0.4) is 0 Å². The average Bonchev–Trinajstić information content (AvgIpc) is 2.69. The lowest BCUT2D eigenvalue weighted by molar-refractivity contribution is 0.445. The molecular formula is C26H28O5. The van der Waals surface area contributed by atoms with Crippen molar-refractivity contribution in [2.24, 2.45) is 0 Å². The van der Waals surface area contributed by atoms with E-state index < -0.39 is 11.2 Å². The highest BCUT2D eigenvalue weighted by Crippen LogP contribution is 2.37. The van der Waals surface area contributed by atoms with Crippen LogP contribution in [0.15, 0.2) is 56.8 Å². The van der Waals surface area contributed by atoms with Crippen molar-refractivity contribution in [3.05, 3.63) is 74.5 Å². The Morgan fingerprint density at radius 2 is 1.58 bits per heavy atom. The summed E-state index contributed by atoms with van der Waals surface area (Å²) < 4.78 is 6.07. The zero-order valence-corrected chi connectivity index (χ0v) is 18.5. The van der Waals surface area contributed by atoms with E-state index >= 15 is 0 Å². The molecule has 162 valence electrons. The van der Waals surface area contributed by atoms with E-state index in [1.54, 1.807) is 19.1 Å². The Bertz CT molecular complexity index is 1270. The number of fused-ring (bicyclic) bond motifs is 1. The molecule has 0 amide bonds. The summed E-state index contributed by atoms with van der Waals surface area (Å²) >= 11 is 0. The predicted octanol–water partition coefficient (Wildman–Crippen LogP) is 5.90. The highest BCUT2D eigenvalue weighted by molar-refractivity contribution is 5.89. The molecule has 0 atom stereocenters. The molecule has 0 bridgehead atoms. The van der Waals surface area contributed by atoms with Gasteiger partial charge in [-0.15, -0.1) is 0 Å². The van der Waals surface area contributed by atoms with Gasteiger partial charge in [0.1, 0.15) is 17.1 Å². The number of rotatable bonds is 5. The van der Waals surface area contributed by atoms with Crippen LogP contribution in [-0.4, -0.2) is 15.3 Å². The summed E-state index contributed by atoms with van der Waals surface area (Å²) in [5, 5.41) is 31.7. The number of phenolic OH excluding ortho intramolecular Hbond substituents is 2. The summed E-state index contributed by atoms with van der Waals surface area (Å²) in [5.41, 5.74) is 4.02. The van der Waals surface area contributed by atoms with Crippen molar-refractivity contribution >= 4 is 11.0 Å². The van der Waals surface area contributed by atoms with Crippen LogP contribution in [0.1, 0.15) is 44.4 Å². The zero-order valence-electron chi connectivity index (χ0n) is 18.5. The molecule has 0 saturated heterocycles. The van der Waals surface area contributed by atoms with Crippen LogP contribution in [0.5, 0.6) is 17.2 Å². The van der Waals surface area contributed by atoms with Crippen LogP contribution in [0, 0.1) is 6.92 Å². The second kappa shape index (κ2) is 8.72. The van der Waals surface area contributed by atoms with E-state index in [1.807, 2.05) is 39.8 Å². The summed E-state index contributed by atoms with van der Waals surface area (Å²) in [6.07, 6.45) is 4.81. The van der Waals surface area contributed by atoms with Crippen LogP contribution < -0.4 is 5.43 Å². The number of hydrogen-bond acceptors (Lipinski definition) is 5. The smallest absolute Gasteiger partial charge is 0.235 e. The molecule has 0 saturated carbocycles. The third-order valence-corrected chi connectivity index (χ3v) is 5.21. The topological polar surface area (TPSA) is 90.9 Å². The van der Waals surface area contributed by atoms with E-state index in [2.05, 4.69) is 0 Å². The monoisotopic (exact) mass is 420 g/mol. The lowest BCUT2D eigenvalue weighted by Crippen LogP contribution is -2.06. The molecule has 3 N–H and O–H groups in total. The second-order valence-electron chi connectivity index (χ2n) is 8.32. The van der Waals surface area contributed by atoms with Gasteiger partial charge < -0.3 is 19.7 Å². The van der Waals surface area contributed by atoms with Gasteiger partial charge in [-0.3, -0.25) is 4.79 Å². The molecular weight excluding hydrogens is 392 g/mol. The van der Waals surface area contributed by atoms with Gasteiger partial charge in [-0.1, -0.05) is 23.3 Å². The maximum atomic E-state index is 13.0. The maximum Gasteiger partial charge on any atom is 0.235 e. The highest BCUT2D eigenvalue weighted by atomic mass is 16.4. The Morgan fingerprint density at radius 1 is 0.935 bits per heavy atom. The van der Waals surface area contributed by atoms with Crippen molar-refractivity contribution in [3.8, 4) is 28.6 Å². The Balaban J connectivity index is 2.30. The van der Waals surface area contributed by atoms with Crippen molar-refractivity contribution in [1.82, 2.24) is 0 Å². The second-order valence-corrected chi connectivity index (χ2v) is 8.32. The molecule has 2 aromatic carbocycles. The molecule has 0 fully saturated rings. The first kappa shape index (κ1) is 22.2. The number of aromatic hydroxyl groups is 3. The SMILES string of the molecule is CC(C)=CCc1cc(-c2oc3c(CC=C(C)C)c(O)cc(C)c3c(=O)c2O)ccc1O. The van der Waals surface area contributed by atoms with E-state index in [9.17, 15) is 20.1 Å². The van der Waals surface area contributed by atoms with E-state index in [4.69, 9.17) is 4.42 Å². The number of phenols is 2. The molecule has 31 heavy (non-hydrogen) atoms. The summed E-state index contributed by atoms with van der Waals surface area (Å²) in [6.45, 7) is 9.53. The third kappa shape index (κ3) is 4.50. The Hall–Kier alpha value is -3.47. The lowest BCUT2D eigenvalue weighted by Gasteiger charge is -2.13. The van der Waals surface area contributed by atoms with Gasteiger partial charge in [0.25, 0.3) is 0 Å². The van der Waals surface area contributed by atoms with Gasteiger partial charge in [-0.2, -0.15) is 0 Å². The molecule has 0 spiro atoms. The Labute approximate surface area is 181 Å². The largest absolute Gasteiger partial charge is 0.508 e. The fourth-order valence-corrected chi connectivity index (χ4v) is 3.48. The van der Waals surface area contributed by atoms with E-state index in [0.29, 0.717) is 35.1 Å². The van der Waals surface area contributed by atoms with Crippen molar-refractivity contribution in [1.29, 1.82) is 0 Å². The fraction of sp³-hybridized carbons (Fsp3) is 0.269. The van der Waals surface area contributed by atoms with Crippen molar-refractivity contribution in [3.63, 3.8) is 0 Å². The standard InChI is InChI=1S/C26H28O5/c1-14(2)6-8-17-13-18(9-11-20(17)27)25-24(30)23(29)22-16(5)12-21(28)19(26(22)31-25)10-7-15(3)4/h6-7,9,11-13,27-28,30H,8,10H2,1-5H3. The van der Waals surface area contributed by atoms with Crippen LogP contribution in [0.25, 0.3) is 22.3 Å². The van der Waals surface area contributed by atoms with Gasteiger partial charge in [0.05, 0.1) is 5.39 Å². The van der Waals surface area contributed by atoms with Gasteiger partial charge in [0, 0.05) is 11.1 Å². The molecule has 3 rings (SSSR count). The van der Waals surface area contributed by atoms with E-state index in [1.165, 1.54) is 12.1 Å². The summed E-state index contributed by atoms with van der Waals surface area (Å²) in [7, 11) is 0. The molecule has 0 unspecified atom stereocenters. The molecule has 3 aromatic rings. The number of aryl methyl sites for hydroxylation is 1. The predicted molar refractivity (Wildman–Crippen MR) is 124 cm³/mol. The number of hydrogen-bond donors (Lipinski definition) is 3. The summed E-state index contributed by atoms with van der Waals surface area (Å²) in [4.78, 5) is 13.0. The molecule has 1 heterocycles. The summed E-state index contributed by atoms with van der Waals surface area (Å²) in [5.74, 6) is -0.313. The Morgan fingerprint density at radius 3 is 2.23 bits per heavy atom. The minimum Gasteiger partial charge on any atom is -0.508 e. The van der Waals surface area contributed by atoms with Crippen LogP contribution in [-0.2, 0) is 12.8 Å². The van der Waals surface area contributed by atoms with Crippen LogP contribution >= 0.6 is 0 Å². The lowest BCUT2D eigenvalue weighted by atomic mass is 9.99. The molecule has 0 aliphatic carbocycles. The van der Waals surface area contributed by atoms with Gasteiger partial charge in [-0.25, -0.2) is 0 Å². The van der Waals surface area contributed by atoms with Crippen LogP contribution in [0.4, 0.5) is 0 Å². The molecule has 1 aromatic heterocycles. The third-order valence-electron chi connectivity index (χ3n) is 5.21. The minimum absolute atomic E-state index is 0.0133. The normalized spacial score (nSPS) is 10.9. The van der Waals surface area contributed by atoms with Gasteiger partial charge in [0.15, 0.2) is 5.76 Å². The minimum atomic E-state index is -0.550. The molecule has 0 aliphatic heterocycles. The number of benzene rings is 2. The number of allylic oxidation sites excluding steroid dienone is 4. The van der Waals surface area contributed by atoms with Gasteiger partial charge in [0.2, 0.25) is 11.2 Å². The fourth-order valence-electron chi connectivity index (χ4n) is 3.48. The first-order valence-corrected chi connectivity index (χ1v) is 10.2. The van der Waals surface area contributed by atoms with E-state index in [-0.39, 0.29) is 28.2 Å². The van der Waals surface area contributed by atoms with Gasteiger partial charge >= 0.3 is 0 Å². The molecule has 5 heteroatoms. The van der Waals surface area contributed by atoms with E-state index in [0.717, 1.165) is 11.1 Å². The first-order valence-electron chi connectivity index (χ1n) is 10.2. The van der Waals surface area contributed by atoms with Crippen molar-refractivity contribution < 1.29 is 19.7 Å². The van der Waals surface area contributed by atoms with Crippen molar-refractivity contribution in [2.45, 2.75) is 47.5 Å².